The van der Waals surface area contributed by atoms with Gasteiger partial charge in [0.15, 0.2) is 5.82 Å². The van der Waals surface area contributed by atoms with Gasteiger partial charge in [0.1, 0.15) is 0 Å². The molecule has 3 aromatic carbocycles. The van der Waals surface area contributed by atoms with Crippen LogP contribution in [-0.4, -0.2) is 27.8 Å². The number of aryl methyl sites for hydroxylation is 1. The first-order valence-electron chi connectivity index (χ1n) is 10.6. The summed E-state index contributed by atoms with van der Waals surface area (Å²) in [6, 6.07) is 25.7. The second kappa shape index (κ2) is 9.47. The van der Waals surface area contributed by atoms with Crippen LogP contribution in [0.25, 0.3) is 17.1 Å². The van der Waals surface area contributed by atoms with Gasteiger partial charge in [-0.15, -0.1) is 5.10 Å². The molecule has 0 bridgehead atoms. The van der Waals surface area contributed by atoms with E-state index in [1.807, 2.05) is 92.7 Å². The Balaban J connectivity index is 1.59. The molecule has 1 unspecified atom stereocenters. The van der Waals surface area contributed by atoms with Crippen LogP contribution in [-0.2, 0) is 4.79 Å². The van der Waals surface area contributed by atoms with Crippen molar-refractivity contribution in [2.45, 2.75) is 26.2 Å². The standard InChI is InChI=1S/C26H26N4O2/c1-4-22(19-11-6-5-7-12-19)25(31)27-20-14-16-21(17-15-20)30-24(28-26(29-30)32-3)23-13-9-8-10-18(23)2/h5-17,22H,4H2,1-3H3,(H,27,31). The molecule has 32 heavy (non-hydrogen) atoms. The summed E-state index contributed by atoms with van der Waals surface area (Å²) < 4.78 is 7.03. The molecule has 4 aromatic rings. The number of ether oxygens (including phenoxy) is 1. The lowest BCUT2D eigenvalue weighted by Gasteiger charge is -2.16. The Morgan fingerprint density at radius 3 is 2.34 bits per heavy atom. The van der Waals surface area contributed by atoms with Crippen molar-refractivity contribution in [3.63, 3.8) is 0 Å². The van der Waals surface area contributed by atoms with Gasteiger partial charge in [0, 0.05) is 11.3 Å². The van der Waals surface area contributed by atoms with Crippen LogP contribution >= 0.6 is 0 Å². The molecule has 1 heterocycles. The first-order valence-corrected chi connectivity index (χ1v) is 10.6. The highest BCUT2D eigenvalue weighted by atomic mass is 16.5. The fourth-order valence-corrected chi connectivity index (χ4v) is 3.73. The number of carbonyl (C=O) groups excluding carboxylic acids is 1. The van der Waals surface area contributed by atoms with Crippen molar-refractivity contribution in [1.82, 2.24) is 14.8 Å². The number of benzene rings is 3. The highest BCUT2D eigenvalue weighted by molar-refractivity contribution is 5.95. The number of carbonyl (C=O) groups is 1. The Labute approximate surface area is 187 Å². The predicted octanol–water partition coefficient (Wildman–Crippen LogP) is 5.38. The molecule has 1 N–H and O–H groups in total. The van der Waals surface area contributed by atoms with Gasteiger partial charge < -0.3 is 10.1 Å². The van der Waals surface area contributed by atoms with E-state index in [0.29, 0.717) is 11.8 Å². The normalized spacial score (nSPS) is 11.7. The van der Waals surface area contributed by atoms with E-state index in [9.17, 15) is 4.79 Å². The maximum atomic E-state index is 12.9. The molecule has 0 aliphatic rings. The zero-order valence-electron chi connectivity index (χ0n) is 18.4. The van der Waals surface area contributed by atoms with Crippen LogP contribution in [0.15, 0.2) is 78.9 Å². The van der Waals surface area contributed by atoms with Crippen molar-refractivity contribution >= 4 is 11.6 Å². The van der Waals surface area contributed by atoms with Gasteiger partial charge in [0.25, 0.3) is 0 Å². The Morgan fingerprint density at radius 2 is 1.69 bits per heavy atom. The summed E-state index contributed by atoms with van der Waals surface area (Å²) in [6.45, 7) is 4.06. The van der Waals surface area contributed by atoms with Crippen molar-refractivity contribution in [3.8, 4) is 23.1 Å². The summed E-state index contributed by atoms with van der Waals surface area (Å²) in [4.78, 5) is 17.4. The first kappa shape index (κ1) is 21.3. The van der Waals surface area contributed by atoms with Gasteiger partial charge in [-0.25, -0.2) is 4.68 Å². The van der Waals surface area contributed by atoms with E-state index in [1.54, 1.807) is 11.8 Å². The van der Waals surface area contributed by atoms with Gasteiger partial charge in [-0.3, -0.25) is 4.79 Å². The van der Waals surface area contributed by atoms with Crippen molar-refractivity contribution in [3.05, 3.63) is 90.0 Å². The summed E-state index contributed by atoms with van der Waals surface area (Å²) in [5.41, 5.74) is 4.65. The van der Waals surface area contributed by atoms with Crippen molar-refractivity contribution in [1.29, 1.82) is 0 Å². The fourth-order valence-electron chi connectivity index (χ4n) is 3.73. The van der Waals surface area contributed by atoms with Gasteiger partial charge in [-0.2, -0.15) is 4.98 Å². The third-order valence-corrected chi connectivity index (χ3v) is 5.46. The molecular formula is C26H26N4O2. The summed E-state index contributed by atoms with van der Waals surface area (Å²) in [5, 5.41) is 7.52. The van der Waals surface area contributed by atoms with Crippen molar-refractivity contribution in [2.75, 3.05) is 12.4 Å². The number of hydrogen-bond acceptors (Lipinski definition) is 4. The Bertz CT molecular complexity index is 1200. The third kappa shape index (κ3) is 4.39. The molecule has 0 aliphatic heterocycles. The Hall–Kier alpha value is -3.93. The maximum absolute atomic E-state index is 12.9. The summed E-state index contributed by atoms with van der Waals surface area (Å²) in [7, 11) is 1.55. The van der Waals surface area contributed by atoms with Crippen molar-refractivity contribution in [2.24, 2.45) is 0 Å². The average Bonchev–Trinajstić information content (AvgIpc) is 3.25. The molecule has 1 aromatic heterocycles. The number of rotatable bonds is 7. The second-order valence-corrected chi connectivity index (χ2v) is 7.56. The van der Waals surface area contributed by atoms with Gasteiger partial charge in [0.05, 0.1) is 18.7 Å². The monoisotopic (exact) mass is 426 g/mol. The lowest BCUT2D eigenvalue weighted by molar-refractivity contribution is -0.117. The van der Waals surface area contributed by atoms with E-state index >= 15 is 0 Å². The SMILES string of the molecule is CCC(C(=O)Nc1ccc(-n2nc(OC)nc2-c2ccccc2C)cc1)c1ccccc1. The van der Waals surface area contributed by atoms with Crippen LogP contribution in [0, 0.1) is 6.92 Å². The predicted molar refractivity (Wildman–Crippen MR) is 126 cm³/mol. The first-order chi connectivity index (χ1) is 15.6. The van der Waals surface area contributed by atoms with Gasteiger partial charge in [0.2, 0.25) is 5.91 Å². The van der Waals surface area contributed by atoms with Crippen LogP contribution in [0.3, 0.4) is 0 Å². The molecular weight excluding hydrogens is 400 g/mol. The molecule has 0 spiro atoms. The maximum Gasteiger partial charge on any atom is 0.336 e. The van der Waals surface area contributed by atoms with Crippen LogP contribution in [0.4, 0.5) is 5.69 Å². The van der Waals surface area contributed by atoms with Gasteiger partial charge in [-0.05, 0) is 48.7 Å². The highest BCUT2D eigenvalue weighted by Gasteiger charge is 2.19. The van der Waals surface area contributed by atoms with E-state index < -0.39 is 0 Å². The number of hydrogen-bond donors (Lipinski definition) is 1. The topological polar surface area (TPSA) is 69.0 Å². The zero-order valence-corrected chi connectivity index (χ0v) is 18.4. The van der Waals surface area contributed by atoms with Gasteiger partial charge >= 0.3 is 6.01 Å². The molecule has 6 nitrogen and oxygen atoms in total. The van der Waals surface area contributed by atoms with E-state index in [2.05, 4.69) is 15.4 Å². The summed E-state index contributed by atoms with van der Waals surface area (Å²) in [6.07, 6.45) is 0.729. The van der Waals surface area contributed by atoms with Crippen molar-refractivity contribution < 1.29 is 9.53 Å². The minimum Gasteiger partial charge on any atom is -0.466 e. The lowest BCUT2D eigenvalue weighted by atomic mass is 9.95. The summed E-state index contributed by atoms with van der Waals surface area (Å²) >= 11 is 0. The molecule has 0 fully saturated rings. The fraction of sp³-hybridized carbons (Fsp3) is 0.192. The average molecular weight is 427 g/mol. The third-order valence-electron chi connectivity index (χ3n) is 5.46. The minimum atomic E-state index is -0.192. The number of amides is 1. The molecule has 0 saturated carbocycles. The van der Waals surface area contributed by atoms with E-state index in [-0.39, 0.29) is 11.8 Å². The smallest absolute Gasteiger partial charge is 0.336 e. The van der Waals surface area contributed by atoms with E-state index in [4.69, 9.17) is 4.74 Å². The van der Waals surface area contributed by atoms with Crippen LogP contribution < -0.4 is 10.1 Å². The number of nitrogens with zero attached hydrogens (tertiary/aromatic N) is 3. The molecule has 1 amide bonds. The highest BCUT2D eigenvalue weighted by Crippen LogP contribution is 2.27. The molecule has 4 rings (SSSR count). The molecule has 162 valence electrons. The lowest BCUT2D eigenvalue weighted by Crippen LogP contribution is -2.20. The Kier molecular flexibility index (Phi) is 6.31. The van der Waals surface area contributed by atoms with Crippen LogP contribution in [0.2, 0.25) is 0 Å². The molecule has 1 atom stereocenters. The molecule has 0 radical (unpaired) electrons. The number of anilines is 1. The van der Waals surface area contributed by atoms with E-state index in [1.165, 1.54) is 0 Å². The number of nitrogens with one attached hydrogen (secondary N) is 1. The van der Waals surface area contributed by atoms with Crippen LogP contribution in [0.1, 0.15) is 30.4 Å². The zero-order chi connectivity index (χ0) is 22.5. The summed E-state index contributed by atoms with van der Waals surface area (Å²) in [5.74, 6) is 0.490. The van der Waals surface area contributed by atoms with E-state index in [0.717, 1.165) is 34.5 Å². The quantitative estimate of drug-likeness (QED) is 0.431. The number of methoxy groups -OCH3 is 1. The second-order valence-electron chi connectivity index (χ2n) is 7.56. The Morgan fingerprint density at radius 1 is 1.00 bits per heavy atom. The molecule has 6 heteroatoms. The molecule has 0 saturated heterocycles. The molecule has 0 aliphatic carbocycles. The van der Waals surface area contributed by atoms with Crippen LogP contribution in [0.5, 0.6) is 6.01 Å². The largest absolute Gasteiger partial charge is 0.466 e. The van der Waals surface area contributed by atoms with Gasteiger partial charge in [-0.1, -0.05) is 61.5 Å². The number of aromatic nitrogens is 3. The minimum absolute atomic E-state index is 0.0190.